The molecule has 9 heteroatoms. The van der Waals surface area contributed by atoms with Gasteiger partial charge in [0.2, 0.25) is 5.78 Å². The highest BCUT2D eigenvalue weighted by Crippen LogP contribution is 2.30. The van der Waals surface area contributed by atoms with Crippen LogP contribution in [0, 0.1) is 5.41 Å². The second-order valence-electron chi connectivity index (χ2n) is 6.03. The van der Waals surface area contributed by atoms with Crippen LogP contribution in [-0.2, 0) is 20.3 Å². The first kappa shape index (κ1) is 22.6. The number of hydrogen-bond donors (Lipinski definition) is 3. The Kier molecular flexibility index (Phi) is 7.95. The number of nitrogen functional groups attached to an aromatic ring is 1. The lowest BCUT2D eigenvalue weighted by molar-refractivity contribution is -0.108. The minimum atomic E-state index is -1.11. The molecule has 0 aliphatic carbocycles. The maximum Gasteiger partial charge on any atom is 0.206 e. The summed E-state index contributed by atoms with van der Waals surface area (Å²) in [6.45, 7) is 0.667. The van der Waals surface area contributed by atoms with Crippen LogP contribution < -0.4 is 16.2 Å². The minimum Gasteiger partial charge on any atom is -0.490 e. The molecule has 0 heterocycles. The molecule has 0 saturated carbocycles. The van der Waals surface area contributed by atoms with Crippen molar-refractivity contribution in [3.63, 3.8) is 0 Å². The molecular weight excluding hydrogens is 414 g/mol. The van der Waals surface area contributed by atoms with Gasteiger partial charge in [-0.05, 0) is 23.8 Å². The summed E-state index contributed by atoms with van der Waals surface area (Å²) in [6.07, 6.45) is 2.72. The number of methoxy groups -OCH3 is 1. The third kappa shape index (κ3) is 5.90. The fourth-order valence-corrected chi connectivity index (χ4v) is 3.14. The average molecular weight is 436 g/mol. The molecular formula is C20H22ClN3O4S. The summed E-state index contributed by atoms with van der Waals surface area (Å²) in [4.78, 5) is 13.1. The number of hydrogen-bond acceptors (Lipinski definition) is 7. The van der Waals surface area contributed by atoms with E-state index in [2.05, 4.69) is 0 Å². The number of rotatable bonds is 9. The van der Waals surface area contributed by atoms with E-state index in [1.165, 1.54) is 12.1 Å². The van der Waals surface area contributed by atoms with E-state index in [0.717, 1.165) is 6.08 Å². The van der Waals surface area contributed by atoms with Crippen LogP contribution in [0.2, 0.25) is 5.02 Å². The van der Waals surface area contributed by atoms with Crippen molar-refractivity contribution < 1.29 is 18.5 Å². The van der Waals surface area contributed by atoms with Crippen molar-refractivity contribution in [1.29, 1.82) is 5.41 Å². The average Bonchev–Trinajstić information content (AvgIpc) is 2.69. The first-order valence-electron chi connectivity index (χ1n) is 8.49. The number of allylic oxidation sites excluding steroid dienone is 1. The third-order valence-electron chi connectivity index (χ3n) is 3.97. The number of carbonyl (C=O) groups is 1. The van der Waals surface area contributed by atoms with E-state index in [4.69, 9.17) is 38.0 Å². The predicted octanol–water partition coefficient (Wildman–Crippen LogP) is 2.62. The first-order chi connectivity index (χ1) is 13.7. The van der Waals surface area contributed by atoms with Crippen LogP contribution in [0.3, 0.4) is 0 Å². The van der Waals surface area contributed by atoms with E-state index in [1.54, 1.807) is 37.6 Å². The Morgan fingerprint density at radius 2 is 1.90 bits per heavy atom. The molecule has 0 aliphatic heterocycles. The Hall–Kier alpha value is -2.68. The van der Waals surface area contributed by atoms with Gasteiger partial charge in [-0.15, -0.1) is 0 Å². The smallest absolute Gasteiger partial charge is 0.206 e. The van der Waals surface area contributed by atoms with Gasteiger partial charge in [0.1, 0.15) is 18.1 Å². The Balaban J connectivity index is 2.20. The van der Waals surface area contributed by atoms with Crippen LogP contribution in [0.15, 0.2) is 47.4 Å². The summed E-state index contributed by atoms with van der Waals surface area (Å²) in [5.74, 6) is -0.282. The molecule has 0 saturated heterocycles. The quantitative estimate of drug-likeness (QED) is 0.240. The number of ketones is 1. The van der Waals surface area contributed by atoms with Gasteiger partial charge in [-0.3, -0.25) is 14.4 Å². The van der Waals surface area contributed by atoms with Gasteiger partial charge < -0.3 is 20.9 Å². The molecule has 29 heavy (non-hydrogen) atoms. The Labute approximate surface area is 176 Å². The van der Waals surface area contributed by atoms with Crippen molar-refractivity contribution in [2.75, 3.05) is 32.3 Å². The van der Waals surface area contributed by atoms with Crippen molar-refractivity contribution in [2.45, 2.75) is 4.90 Å². The minimum absolute atomic E-state index is 0.178. The zero-order valence-electron chi connectivity index (χ0n) is 16.0. The molecule has 2 rings (SSSR count). The van der Waals surface area contributed by atoms with E-state index in [9.17, 15) is 9.00 Å². The van der Waals surface area contributed by atoms with Gasteiger partial charge >= 0.3 is 0 Å². The van der Waals surface area contributed by atoms with Crippen molar-refractivity contribution >= 4 is 45.3 Å². The summed E-state index contributed by atoms with van der Waals surface area (Å²) in [6, 6.07) is 9.54. The van der Waals surface area contributed by atoms with Crippen LogP contribution in [0.5, 0.6) is 5.75 Å². The highest BCUT2D eigenvalue weighted by Gasteiger charge is 2.17. The second-order valence-corrected chi connectivity index (χ2v) is 7.82. The van der Waals surface area contributed by atoms with Crippen LogP contribution in [0.4, 0.5) is 5.69 Å². The molecule has 1 unspecified atom stereocenters. The van der Waals surface area contributed by atoms with Crippen LogP contribution in [-0.4, -0.2) is 42.3 Å². The molecule has 2 aromatic carbocycles. The van der Waals surface area contributed by atoms with E-state index in [-0.39, 0.29) is 34.3 Å². The fourth-order valence-electron chi connectivity index (χ4n) is 2.40. The molecule has 0 aliphatic rings. The highest BCUT2D eigenvalue weighted by molar-refractivity contribution is 7.84. The summed E-state index contributed by atoms with van der Waals surface area (Å²) in [5.41, 5.74) is 12.7. The lowest BCUT2D eigenvalue weighted by Crippen LogP contribution is -2.16. The molecule has 5 N–H and O–H groups in total. The number of benzene rings is 2. The van der Waals surface area contributed by atoms with Gasteiger partial charge in [0.25, 0.3) is 0 Å². The summed E-state index contributed by atoms with van der Waals surface area (Å²) >= 11 is 6.18. The molecule has 7 nitrogen and oxygen atoms in total. The van der Waals surface area contributed by atoms with E-state index in [0.29, 0.717) is 22.8 Å². The molecule has 0 amide bonds. The predicted molar refractivity (Wildman–Crippen MR) is 116 cm³/mol. The number of nitrogens with one attached hydrogen (secondary N) is 1. The standard InChI is InChI=1S/C20H22ClN3O4S/c1-27-7-8-28-19-11-17(23)14(9-15(19)21)20(24)18(25)10-16(22)12-3-5-13(6-4-12)29(2)26/h3-6,9-11,24H,7-8,22-23H2,1-2H3. The van der Waals surface area contributed by atoms with Gasteiger partial charge in [-0.1, -0.05) is 23.7 Å². The Bertz CT molecular complexity index is 974. The summed E-state index contributed by atoms with van der Waals surface area (Å²) in [7, 11) is 0.441. The van der Waals surface area contributed by atoms with Crippen molar-refractivity contribution in [2.24, 2.45) is 5.73 Å². The third-order valence-corrected chi connectivity index (χ3v) is 5.20. The number of carbonyl (C=O) groups excluding carboxylic acids is 1. The number of nitrogens with two attached hydrogens (primary N) is 2. The molecule has 154 valence electrons. The lowest BCUT2D eigenvalue weighted by Gasteiger charge is -2.12. The molecule has 0 fully saturated rings. The van der Waals surface area contributed by atoms with E-state index in [1.807, 2.05) is 0 Å². The molecule has 0 bridgehead atoms. The number of ether oxygens (including phenoxy) is 2. The van der Waals surface area contributed by atoms with Crippen LogP contribution >= 0.6 is 11.6 Å². The molecule has 0 aromatic heterocycles. The zero-order chi connectivity index (χ0) is 21.6. The molecule has 1 atom stereocenters. The normalized spacial score (nSPS) is 12.4. The molecule has 2 aromatic rings. The van der Waals surface area contributed by atoms with Crippen molar-refractivity contribution in [3.8, 4) is 5.75 Å². The van der Waals surface area contributed by atoms with Crippen LogP contribution in [0.25, 0.3) is 5.70 Å². The number of halogens is 1. The monoisotopic (exact) mass is 435 g/mol. The van der Waals surface area contributed by atoms with E-state index >= 15 is 0 Å². The molecule has 0 radical (unpaired) electrons. The lowest BCUT2D eigenvalue weighted by atomic mass is 10.0. The summed E-state index contributed by atoms with van der Waals surface area (Å²) in [5, 5.41) is 8.39. The SMILES string of the molecule is COCCOc1cc(N)c(C(=N)C(=O)C=C(N)c2ccc(S(C)=O)cc2)cc1Cl. The van der Waals surface area contributed by atoms with Gasteiger partial charge in [0, 0.05) is 58.2 Å². The maximum atomic E-state index is 12.5. The van der Waals surface area contributed by atoms with E-state index < -0.39 is 16.6 Å². The Morgan fingerprint density at radius 3 is 2.48 bits per heavy atom. The van der Waals surface area contributed by atoms with Crippen molar-refractivity contribution in [3.05, 3.63) is 58.6 Å². The maximum absolute atomic E-state index is 12.5. The topological polar surface area (TPSA) is 128 Å². The molecule has 0 spiro atoms. The van der Waals surface area contributed by atoms with Gasteiger partial charge in [0.05, 0.1) is 11.6 Å². The zero-order valence-corrected chi connectivity index (χ0v) is 17.6. The Morgan fingerprint density at radius 1 is 1.24 bits per heavy atom. The fraction of sp³-hybridized carbons (Fsp3) is 0.200. The number of anilines is 1. The van der Waals surface area contributed by atoms with Gasteiger partial charge in [-0.2, -0.15) is 0 Å². The largest absolute Gasteiger partial charge is 0.490 e. The van der Waals surface area contributed by atoms with Gasteiger partial charge in [0.15, 0.2) is 0 Å². The second kappa shape index (κ2) is 10.2. The summed E-state index contributed by atoms with van der Waals surface area (Å²) < 4.78 is 21.8. The highest BCUT2D eigenvalue weighted by atomic mass is 35.5. The van der Waals surface area contributed by atoms with Gasteiger partial charge in [-0.25, -0.2) is 0 Å². The van der Waals surface area contributed by atoms with Crippen LogP contribution in [0.1, 0.15) is 11.1 Å². The van der Waals surface area contributed by atoms with Crippen molar-refractivity contribution in [1.82, 2.24) is 0 Å². The first-order valence-corrected chi connectivity index (χ1v) is 10.4.